The summed E-state index contributed by atoms with van der Waals surface area (Å²) in [6.07, 6.45) is 2.46. The van der Waals surface area contributed by atoms with E-state index in [-0.39, 0.29) is 5.82 Å². The van der Waals surface area contributed by atoms with Crippen molar-refractivity contribution in [3.63, 3.8) is 0 Å². The molecule has 0 aliphatic rings. The standard InChI is InChI=1S/C15H20FNO2/c1-4-17(10-11(2)3)15-12(8-9-14(18)19)6-5-7-13(15)16/h5-9,11H,4,10H2,1-3H3,(H,18,19)/b9-8+. The Morgan fingerprint density at radius 1 is 1.47 bits per heavy atom. The zero-order valence-corrected chi connectivity index (χ0v) is 11.6. The van der Waals surface area contributed by atoms with Crippen LogP contribution in [0.25, 0.3) is 6.08 Å². The Morgan fingerprint density at radius 3 is 2.68 bits per heavy atom. The van der Waals surface area contributed by atoms with Crippen LogP contribution in [0.2, 0.25) is 0 Å². The lowest BCUT2D eigenvalue weighted by Gasteiger charge is -2.27. The van der Waals surface area contributed by atoms with Crippen molar-refractivity contribution < 1.29 is 14.3 Å². The minimum Gasteiger partial charge on any atom is -0.478 e. The summed E-state index contributed by atoms with van der Waals surface area (Å²) in [5.74, 6) is -0.965. The van der Waals surface area contributed by atoms with Gasteiger partial charge in [-0.05, 0) is 25.0 Å². The van der Waals surface area contributed by atoms with Crippen molar-refractivity contribution in [3.8, 4) is 0 Å². The van der Waals surface area contributed by atoms with Crippen LogP contribution in [0.15, 0.2) is 24.3 Å². The van der Waals surface area contributed by atoms with Crippen LogP contribution in [-0.4, -0.2) is 24.2 Å². The van der Waals surface area contributed by atoms with Gasteiger partial charge in [0.2, 0.25) is 0 Å². The fourth-order valence-corrected chi connectivity index (χ4v) is 1.98. The number of aliphatic carboxylic acids is 1. The van der Waals surface area contributed by atoms with Crippen LogP contribution in [0.3, 0.4) is 0 Å². The molecule has 0 aliphatic carbocycles. The summed E-state index contributed by atoms with van der Waals surface area (Å²) in [7, 11) is 0. The first-order chi connectivity index (χ1) is 8.95. The number of rotatable bonds is 6. The summed E-state index contributed by atoms with van der Waals surface area (Å²) in [5.41, 5.74) is 1.06. The average molecular weight is 265 g/mol. The van der Waals surface area contributed by atoms with Gasteiger partial charge in [0.1, 0.15) is 5.82 Å². The lowest BCUT2D eigenvalue weighted by Crippen LogP contribution is -2.28. The van der Waals surface area contributed by atoms with E-state index in [0.717, 1.165) is 12.6 Å². The Kier molecular flexibility index (Phi) is 5.55. The van der Waals surface area contributed by atoms with E-state index in [9.17, 15) is 9.18 Å². The summed E-state index contributed by atoms with van der Waals surface area (Å²) >= 11 is 0. The van der Waals surface area contributed by atoms with Gasteiger partial charge in [-0.2, -0.15) is 0 Å². The van der Waals surface area contributed by atoms with E-state index in [1.165, 1.54) is 12.1 Å². The second kappa shape index (κ2) is 6.92. The maximum absolute atomic E-state index is 14.0. The van der Waals surface area contributed by atoms with E-state index in [4.69, 9.17) is 5.11 Å². The second-order valence-electron chi connectivity index (χ2n) is 4.78. The Bertz CT molecular complexity index is 469. The molecule has 0 amide bonds. The first-order valence-corrected chi connectivity index (χ1v) is 6.40. The molecule has 0 aromatic heterocycles. The first-order valence-electron chi connectivity index (χ1n) is 6.40. The fourth-order valence-electron chi connectivity index (χ4n) is 1.98. The van der Waals surface area contributed by atoms with Gasteiger partial charge >= 0.3 is 5.97 Å². The number of carboxylic acids is 1. The highest BCUT2D eigenvalue weighted by Crippen LogP contribution is 2.26. The van der Waals surface area contributed by atoms with E-state index in [2.05, 4.69) is 13.8 Å². The molecule has 0 fully saturated rings. The Balaban J connectivity index is 3.18. The van der Waals surface area contributed by atoms with Gasteiger partial charge in [0.05, 0.1) is 5.69 Å². The highest BCUT2D eigenvalue weighted by atomic mass is 19.1. The topological polar surface area (TPSA) is 40.5 Å². The monoisotopic (exact) mass is 265 g/mol. The van der Waals surface area contributed by atoms with Crippen LogP contribution < -0.4 is 4.90 Å². The third-order valence-electron chi connectivity index (χ3n) is 2.71. The van der Waals surface area contributed by atoms with Crippen molar-refractivity contribution in [1.29, 1.82) is 0 Å². The van der Waals surface area contributed by atoms with Gasteiger partial charge in [0, 0.05) is 24.7 Å². The molecule has 104 valence electrons. The molecule has 0 heterocycles. The minimum atomic E-state index is -1.04. The zero-order chi connectivity index (χ0) is 14.4. The largest absolute Gasteiger partial charge is 0.478 e. The summed E-state index contributed by atoms with van der Waals surface area (Å²) in [4.78, 5) is 12.5. The number of para-hydroxylation sites is 1. The number of nitrogens with zero attached hydrogens (tertiary/aromatic N) is 1. The number of benzene rings is 1. The van der Waals surface area contributed by atoms with Crippen molar-refractivity contribution in [1.82, 2.24) is 0 Å². The van der Waals surface area contributed by atoms with Crippen LogP contribution in [0, 0.1) is 11.7 Å². The van der Waals surface area contributed by atoms with Gasteiger partial charge in [0.25, 0.3) is 0 Å². The SMILES string of the molecule is CCN(CC(C)C)c1c(F)cccc1/C=C/C(=O)O. The van der Waals surface area contributed by atoms with E-state index < -0.39 is 5.97 Å². The number of hydrogen-bond donors (Lipinski definition) is 1. The molecule has 4 heteroatoms. The Hall–Kier alpha value is -1.84. The molecule has 3 nitrogen and oxygen atoms in total. The van der Waals surface area contributed by atoms with Gasteiger partial charge < -0.3 is 10.0 Å². The van der Waals surface area contributed by atoms with Gasteiger partial charge in [-0.25, -0.2) is 9.18 Å². The number of halogens is 1. The third kappa shape index (κ3) is 4.39. The van der Waals surface area contributed by atoms with E-state index in [0.29, 0.717) is 23.7 Å². The van der Waals surface area contributed by atoms with Crippen LogP contribution in [0.5, 0.6) is 0 Å². The Morgan fingerprint density at radius 2 is 2.16 bits per heavy atom. The molecule has 0 atom stereocenters. The van der Waals surface area contributed by atoms with Crippen LogP contribution >= 0.6 is 0 Å². The highest BCUT2D eigenvalue weighted by molar-refractivity contribution is 5.87. The van der Waals surface area contributed by atoms with Crippen LogP contribution in [0.4, 0.5) is 10.1 Å². The molecule has 0 aliphatic heterocycles. The molecule has 0 unspecified atom stereocenters. The molecular weight excluding hydrogens is 245 g/mol. The molecule has 0 radical (unpaired) electrons. The minimum absolute atomic E-state index is 0.324. The third-order valence-corrected chi connectivity index (χ3v) is 2.71. The molecule has 1 N–H and O–H groups in total. The van der Waals surface area contributed by atoms with Gasteiger partial charge in [-0.1, -0.05) is 26.0 Å². The summed E-state index contributed by atoms with van der Waals surface area (Å²) in [5, 5.41) is 8.68. The van der Waals surface area contributed by atoms with Crippen LogP contribution in [0.1, 0.15) is 26.3 Å². The van der Waals surface area contributed by atoms with Gasteiger partial charge in [-0.15, -0.1) is 0 Å². The fraction of sp³-hybridized carbons (Fsp3) is 0.400. The molecule has 19 heavy (non-hydrogen) atoms. The van der Waals surface area contributed by atoms with Crippen LogP contribution in [-0.2, 0) is 4.79 Å². The molecule has 0 saturated heterocycles. The molecule has 1 aromatic rings. The van der Waals surface area contributed by atoms with Crippen molar-refractivity contribution in [2.24, 2.45) is 5.92 Å². The second-order valence-corrected chi connectivity index (χ2v) is 4.78. The molecule has 1 rings (SSSR count). The maximum atomic E-state index is 14.0. The lowest BCUT2D eigenvalue weighted by molar-refractivity contribution is -0.131. The summed E-state index contributed by atoms with van der Waals surface area (Å²) < 4.78 is 14.0. The average Bonchev–Trinajstić information content (AvgIpc) is 2.33. The van der Waals surface area contributed by atoms with Gasteiger partial charge in [-0.3, -0.25) is 0 Å². The van der Waals surface area contributed by atoms with Gasteiger partial charge in [0.15, 0.2) is 0 Å². The highest BCUT2D eigenvalue weighted by Gasteiger charge is 2.14. The van der Waals surface area contributed by atoms with E-state index in [1.54, 1.807) is 12.1 Å². The molecular formula is C15H20FNO2. The number of hydrogen-bond acceptors (Lipinski definition) is 2. The predicted octanol–water partition coefficient (Wildman–Crippen LogP) is 3.41. The van der Waals surface area contributed by atoms with Crippen molar-refractivity contribution >= 4 is 17.7 Å². The first kappa shape index (κ1) is 15.2. The lowest BCUT2D eigenvalue weighted by atomic mass is 10.1. The summed E-state index contributed by atoms with van der Waals surface area (Å²) in [6, 6.07) is 4.71. The molecule has 0 saturated carbocycles. The van der Waals surface area contributed by atoms with E-state index >= 15 is 0 Å². The van der Waals surface area contributed by atoms with Crippen molar-refractivity contribution in [2.45, 2.75) is 20.8 Å². The Labute approximate surface area is 113 Å². The smallest absolute Gasteiger partial charge is 0.328 e. The van der Waals surface area contributed by atoms with Crippen molar-refractivity contribution in [3.05, 3.63) is 35.7 Å². The zero-order valence-electron chi connectivity index (χ0n) is 11.6. The maximum Gasteiger partial charge on any atom is 0.328 e. The quantitative estimate of drug-likeness (QED) is 0.801. The van der Waals surface area contributed by atoms with Crippen molar-refractivity contribution in [2.75, 3.05) is 18.0 Å². The number of anilines is 1. The molecule has 0 bridgehead atoms. The number of carboxylic acid groups (broad SMARTS) is 1. The molecule has 1 aromatic carbocycles. The normalized spacial score (nSPS) is 11.2. The van der Waals surface area contributed by atoms with E-state index in [1.807, 2.05) is 11.8 Å². The summed E-state index contributed by atoms with van der Waals surface area (Å²) in [6.45, 7) is 7.49. The molecule has 0 spiro atoms. The number of carbonyl (C=O) groups is 1. The predicted molar refractivity (Wildman–Crippen MR) is 75.8 cm³/mol.